The second-order valence-corrected chi connectivity index (χ2v) is 11.8. The summed E-state index contributed by atoms with van der Waals surface area (Å²) in [6, 6.07) is 10.6. The predicted octanol–water partition coefficient (Wildman–Crippen LogP) is 1.49. The Hall–Kier alpha value is -4.08. The molecule has 3 atom stereocenters. The van der Waals surface area contributed by atoms with Crippen molar-refractivity contribution in [3.05, 3.63) is 65.2 Å². The van der Waals surface area contributed by atoms with Gasteiger partial charge in [-0.1, -0.05) is 28.2 Å². The lowest BCUT2D eigenvalue weighted by atomic mass is 10.1. The molecule has 1 heterocycles. The van der Waals surface area contributed by atoms with Gasteiger partial charge >= 0.3 is 10.5 Å². The van der Waals surface area contributed by atoms with Crippen molar-refractivity contribution in [1.82, 2.24) is 20.9 Å². The summed E-state index contributed by atoms with van der Waals surface area (Å²) in [7, 11) is -4.16. The van der Waals surface area contributed by atoms with Crippen LogP contribution in [0.1, 0.15) is 67.4 Å². The number of nitrogens with two attached hydrogens (primary N) is 1. The first kappa shape index (κ1) is 38.1. The molecule has 1 aliphatic rings. The summed E-state index contributed by atoms with van der Waals surface area (Å²) in [5.41, 5.74) is 7.19. The van der Waals surface area contributed by atoms with Gasteiger partial charge in [0.1, 0.15) is 17.8 Å². The third-order valence-corrected chi connectivity index (χ3v) is 7.71. The molecule has 13 nitrogen and oxygen atoms in total. The largest absolute Gasteiger partial charge is 0.488 e. The SMILES string of the molecule is CC(NC(=O)c1ccc(CNC(=O)C(CCCCN)NC(=O)Cc2ccc(OS(=O)(=O)F)cc2)cc1)C(=O)N1CCCC1C.CO. The van der Waals surface area contributed by atoms with Crippen molar-refractivity contribution in [1.29, 1.82) is 0 Å². The molecule has 46 heavy (non-hydrogen) atoms. The highest BCUT2D eigenvalue weighted by atomic mass is 32.3. The Labute approximate surface area is 269 Å². The van der Waals surface area contributed by atoms with Gasteiger partial charge in [0.2, 0.25) is 17.7 Å². The number of unbranched alkanes of at least 4 members (excludes halogenated alkanes) is 1. The van der Waals surface area contributed by atoms with Crippen LogP contribution in [-0.4, -0.2) is 80.4 Å². The number of nitrogens with zero attached hydrogens (tertiary/aromatic N) is 1. The lowest BCUT2D eigenvalue weighted by molar-refractivity contribution is -0.133. The lowest BCUT2D eigenvalue weighted by Crippen LogP contribution is -2.48. The number of likely N-dealkylation sites (tertiary alicyclic amines) is 1. The van der Waals surface area contributed by atoms with Crippen molar-refractivity contribution < 1.29 is 40.8 Å². The summed E-state index contributed by atoms with van der Waals surface area (Å²) < 4.78 is 38.1. The van der Waals surface area contributed by atoms with E-state index in [-0.39, 0.29) is 36.6 Å². The first-order valence-corrected chi connectivity index (χ1v) is 16.3. The van der Waals surface area contributed by atoms with Gasteiger partial charge in [-0.15, -0.1) is 0 Å². The normalized spacial score (nSPS) is 15.5. The maximum atomic E-state index is 13.0. The van der Waals surface area contributed by atoms with Crippen LogP contribution in [0.5, 0.6) is 5.75 Å². The Kier molecular flexibility index (Phi) is 15.6. The Balaban J connectivity index is 0.00000361. The zero-order valence-electron chi connectivity index (χ0n) is 26.3. The minimum absolute atomic E-state index is 0.102. The number of carbonyl (C=O) groups is 4. The van der Waals surface area contributed by atoms with Gasteiger partial charge < -0.3 is 35.9 Å². The van der Waals surface area contributed by atoms with E-state index in [1.54, 1.807) is 36.1 Å². The van der Waals surface area contributed by atoms with Crippen LogP contribution in [-0.2, 0) is 37.9 Å². The molecule has 3 unspecified atom stereocenters. The molecule has 0 aliphatic carbocycles. The second-order valence-electron chi connectivity index (χ2n) is 10.8. The first-order chi connectivity index (χ1) is 21.9. The van der Waals surface area contributed by atoms with Crippen LogP contribution < -0.4 is 25.9 Å². The molecular weight excluding hydrogens is 621 g/mol. The molecular formula is C31H44FN5O8S. The van der Waals surface area contributed by atoms with E-state index < -0.39 is 34.4 Å². The highest BCUT2D eigenvalue weighted by Gasteiger charge is 2.29. The van der Waals surface area contributed by atoms with Gasteiger partial charge in [0.05, 0.1) is 6.42 Å². The molecule has 254 valence electrons. The van der Waals surface area contributed by atoms with Gasteiger partial charge in [0.15, 0.2) is 0 Å². The lowest BCUT2D eigenvalue weighted by Gasteiger charge is -2.25. The van der Waals surface area contributed by atoms with E-state index in [0.29, 0.717) is 43.5 Å². The monoisotopic (exact) mass is 665 g/mol. The maximum Gasteiger partial charge on any atom is 0.488 e. The Morgan fingerprint density at radius 2 is 1.65 bits per heavy atom. The average molecular weight is 666 g/mol. The minimum Gasteiger partial charge on any atom is -0.400 e. The summed E-state index contributed by atoms with van der Waals surface area (Å²) in [6.07, 6.45) is 3.45. The number of carbonyl (C=O) groups excluding carboxylic acids is 4. The number of rotatable bonds is 15. The summed E-state index contributed by atoms with van der Waals surface area (Å²) in [4.78, 5) is 52.9. The average Bonchev–Trinajstić information content (AvgIpc) is 3.46. The van der Waals surface area contributed by atoms with E-state index in [9.17, 15) is 31.5 Å². The van der Waals surface area contributed by atoms with Crippen LogP contribution >= 0.6 is 0 Å². The molecule has 3 rings (SSSR count). The molecule has 0 radical (unpaired) electrons. The van der Waals surface area contributed by atoms with Crippen LogP contribution in [0.25, 0.3) is 0 Å². The molecule has 2 aromatic carbocycles. The van der Waals surface area contributed by atoms with E-state index in [1.807, 2.05) is 6.92 Å². The van der Waals surface area contributed by atoms with Crippen molar-refractivity contribution in [2.45, 2.75) is 77.0 Å². The van der Waals surface area contributed by atoms with E-state index >= 15 is 0 Å². The molecule has 15 heteroatoms. The van der Waals surface area contributed by atoms with E-state index in [0.717, 1.165) is 25.5 Å². The Bertz CT molecular complexity index is 1410. The maximum absolute atomic E-state index is 13.0. The number of benzene rings is 2. The summed E-state index contributed by atoms with van der Waals surface area (Å²) in [5, 5.41) is 15.3. The number of amides is 4. The fraction of sp³-hybridized carbons (Fsp3) is 0.484. The van der Waals surface area contributed by atoms with Gasteiger partial charge in [-0.25, -0.2) is 0 Å². The third kappa shape index (κ3) is 12.7. The summed E-state index contributed by atoms with van der Waals surface area (Å²) in [6.45, 7) is 4.96. The van der Waals surface area contributed by atoms with E-state index in [2.05, 4.69) is 20.1 Å². The molecule has 2 aromatic rings. The zero-order valence-corrected chi connectivity index (χ0v) is 27.1. The quantitative estimate of drug-likeness (QED) is 0.138. The molecule has 0 aromatic heterocycles. The molecule has 4 amide bonds. The van der Waals surface area contributed by atoms with Crippen LogP contribution in [0.4, 0.5) is 3.89 Å². The van der Waals surface area contributed by atoms with E-state index in [1.165, 1.54) is 24.3 Å². The number of hydrogen-bond acceptors (Lipinski definition) is 9. The topological polar surface area (TPSA) is 197 Å². The molecule has 1 aliphatic heterocycles. The first-order valence-electron chi connectivity index (χ1n) is 15.0. The molecule has 1 saturated heterocycles. The van der Waals surface area contributed by atoms with Gasteiger partial charge in [0.25, 0.3) is 5.91 Å². The van der Waals surface area contributed by atoms with Crippen molar-refractivity contribution in [3.63, 3.8) is 0 Å². The summed E-state index contributed by atoms with van der Waals surface area (Å²) >= 11 is 0. The number of aliphatic hydroxyl groups excluding tert-OH is 1. The van der Waals surface area contributed by atoms with Gasteiger partial charge in [-0.3, -0.25) is 19.2 Å². The second kappa shape index (κ2) is 18.8. The third-order valence-electron chi connectivity index (χ3n) is 7.32. The number of hydrogen-bond donors (Lipinski definition) is 5. The van der Waals surface area contributed by atoms with Crippen molar-refractivity contribution >= 4 is 34.1 Å². The van der Waals surface area contributed by atoms with Crippen LogP contribution in [0.2, 0.25) is 0 Å². The molecule has 0 spiro atoms. The van der Waals surface area contributed by atoms with E-state index in [4.69, 9.17) is 10.8 Å². The highest BCUT2D eigenvalue weighted by Crippen LogP contribution is 2.18. The smallest absolute Gasteiger partial charge is 0.400 e. The number of nitrogens with one attached hydrogen (secondary N) is 3. The van der Waals surface area contributed by atoms with Gasteiger partial charge in [-0.05, 0) is 87.9 Å². The molecule has 1 fully saturated rings. The molecule has 0 bridgehead atoms. The fourth-order valence-electron chi connectivity index (χ4n) is 4.91. The van der Waals surface area contributed by atoms with Crippen LogP contribution in [0.15, 0.2) is 48.5 Å². The predicted molar refractivity (Wildman–Crippen MR) is 169 cm³/mol. The Morgan fingerprint density at radius 3 is 2.22 bits per heavy atom. The minimum atomic E-state index is -5.16. The van der Waals surface area contributed by atoms with Crippen LogP contribution in [0.3, 0.4) is 0 Å². The van der Waals surface area contributed by atoms with Crippen molar-refractivity contribution in [2.75, 3.05) is 20.2 Å². The number of aliphatic hydroxyl groups is 1. The fourth-order valence-corrected chi connectivity index (χ4v) is 5.25. The molecule has 0 saturated carbocycles. The standard InChI is InChI=1S/C30H40FN5O7S.CH4O/c1-20-6-5-17-36(20)30(40)21(2)34-28(38)24-12-8-23(9-13-24)19-33-29(39)26(7-3-4-16-32)35-27(37)18-22-10-14-25(15-11-22)43-44(31,41)42;1-2/h8-15,20-21,26H,3-7,16-19,32H2,1-2H3,(H,33,39)(H,34,38)(H,35,37);2H,1H3. The van der Waals surface area contributed by atoms with Crippen LogP contribution in [0, 0.1) is 0 Å². The van der Waals surface area contributed by atoms with Gasteiger partial charge in [-0.2, -0.15) is 8.42 Å². The van der Waals surface area contributed by atoms with Crippen molar-refractivity contribution in [2.24, 2.45) is 5.73 Å². The van der Waals surface area contributed by atoms with Crippen molar-refractivity contribution in [3.8, 4) is 5.75 Å². The zero-order chi connectivity index (χ0) is 34.3. The highest BCUT2D eigenvalue weighted by molar-refractivity contribution is 7.81. The number of halogens is 1. The summed E-state index contributed by atoms with van der Waals surface area (Å²) in [5.74, 6) is -1.54. The van der Waals surface area contributed by atoms with Gasteiger partial charge in [0, 0.05) is 31.8 Å². The molecule has 6 N–H and O–H groups in total. The Morgan fingerprint density at radius 1 is 1.02 bits per heavy atom.